The number of aryl methyl sites for hydroxylation is 1. The quantitative estimate of drug-likeness (QED) is 0.796. The molecule has 2 aromatic heterocycles. The number of thiazole rings is 1. The van der Waals surface area contributed by atoms with Crippen molar-refractivity contribution < 1.29 is 9.90 Å². The van der Waals surface area contributed by atoms with Crippen LogP contribution in [-0.2, 0) is 11.2 Å². The number of rotatable bonds is 4. The Morgan fingerprint density at radius 3 is 2.81 bits per heavy atom. The Hall–Kier alpha value is -1.99. The summed E-state index contributed by atoms with van der Waals surface area (Å²) < 4.78 is 0.773. The van der Waals surface area contributed by atoms with E-state index in [1.165, 1.54) is 23.1 Å². The molecule has 0 bridgehead atoms. The van der Waals surface area contributed by atoms with Crippen molar-refractivity contribution in [1.82, 2.24) is 15.2 Å². The minimum atomic E-state index is -0.877. The van der Waals surface area contributed by atoms with E-state index in [0.29, 0.717) is 5.69 Å². The molecule has 3 aromatic rings. The van der Waals surface area contributed by atoms with Gasteiger partial charge in [-0.3, -0.25) is 4.79 Å². The summed E-state index contributed by atoms with van der Waals surface area (Å²) in [5.41, 5.74) is 1.46. The van der Waals surface area contributed by atoms with Crippen molar-refractivity contribution in [3.63, 3.8) is 0 Å². The van der Waals surface area contributed by atoms with Gasteiger partial charge in [-0.1, -0.05) is 24.3 Å². The summed E-state index contributed by atoms with van der Waals surface area (Å²) >= 11 is 2.83. The largest absolute Gasteiger partial charge is 0.481 e. The second-order valence-corrected chi connectivity index (χ2v) is 6.51. The highest BCUT2D eigenvalue weighted by molar-refractivity contribution is 8.01. The van der Waals surface area contributed by atoms with Gasteiger partial charge in [0.25, 0.3) is 0 Å². The molecular formula is C14H11N3O2S2. The molecule has 0 fully saturated rings. The van der Waals surface area contributed by atoms with Gasteiger partial charge in [-0.2, -0.15) is 5.10 Å². The highest BCUT2D eigenvalue weighted by atomic mass is 32.2. The molecule has 0 saturated heterocycles. The van der Waals surface area contributed by atoms with Gasteiger partial charge in [-0.25, -0.2) is 4.98 Å². The molecule has 0 aliphatic heterocycles. The van der Waals surface area contributed by atoms with Gasteiger partial charge in [-0.05, 0) is 18.7 Å². The number of aromatic nitrogens is 3. The molecule has 1 aromatic carbocycles. The van der Waals surface area contributed by atoms with Crippen molar-refractivity contribution in [2.45, 2.75) is 22.7 Å². The van der Waals surface area contributed by atoms with E-state index in [2.05, 4.69) is 15.2 Å². The molecule has 0 amide bonds. The predicted octanol–water partition coefficient (Wildman–Crippen LogP) is 3.17. The van der Waals surface area contributed by atoms with Crippen LogP contribution in [0.25, 0.3) is 10.8 Å². The van der Waals surface area contributed by atoms with E-state index in [1.807, 2.05) is 31.2 Å². The molecule has 0 saturated carbocycles. The molecule has 0 unspecified atom stereocenters. The molecule has 0 spiro atoms. The highest BCUT2D eigenvalue weighted by Gasteiger charge is 2.11. The molecule has 2 heterocycles. The van der Waals surface area contributed by atoms with Gasteiger partial charge >= 0.3 is 5.97 Å². The zero-order valence-electron chi connectivity index (χ0n) is 11.1. The predicted molar refractivity (Wildman–Crippen MR) is 81.9 cm³/mol. The average Bonchev–Trinajstić information content (AvgIpc) is 2.89. The molecule has 1 N–H and O–H groups in total. The number of carbonyl (C=O) groups is 1. The molecule has 0 aliphatic carbocycles. The van der Waals surface area contributed by atoms with Crippen LogP contribution in [0.4, 0.5) is 0 Å². The molecule has 0 aliphatic rings. The van der Waals surface area contributed by atoms with E-state index in [-0.39, 0.29) is 6.42 Å². The van der Waals surface area contributed by atoms with Gasteiger partial charge in [0, 0.05) is 16.2 Å². The third kappa shape index (κ3) is 3.03. The van der Waals surface area contributed by atoms with Crippen LogP contribution in [0.2, 0.25) is 0 Å². The molecular weight excluding hydrogens is 306 g/mol. The van der Waals surface area contributed by atoms with Crippen molar-refractivity contribution in [1.29, 1.82) is 0 Å². The van der Waals surface area contributed by atoms with E-state index < -0.39 is 5.97 Å². The summed E-state index contributed by atoms with van der Waals surface area (Å²) in [6.45, 7) is 1.93. The third-order valence-electron chi connectivity index (χ3n) is 2.89. The number of benzene rings is 1. The zero-order chi connectivity index (χ0) is 14.8. The van der Waals surface area contributed by atoms with E-state index in [4.69, 9.17) is 5.11 Å². The van der Waals surface area contributed by atoms with E-state index in [0.717, 1.165) is 25.8 Å². The summed E-state index contributed by atoms with van der Waals surface area (Å²) in [4.78, 5) is 15.0. The SMILES string of the molecule is Cc1nnc(Sc2nc(CC(=O)O)cs2)c2ccccc12. The standard InChI is InChI=1S/C14H11N3O2S2/c1-8-10-4-2-3-5-11(10)13(17-16-8)21-14-15-9(7-20-14)6-12(18)19/h2-5,7H,6H2,1H3,(H,18,19). The fourth-order valence-electron chi connectivity index (χ4n) is 1.94. The Bertz CT molecular complexity index is 817. The first-order chi connectivity index (χ1) is 10.1. The van der Waals surface area contributed by atoms with Crippen LogP contribution in [0, 0.1) is 6.92 Å². The van der Waals surface area contributed by atoms with Crippen molar-refractivity contribution in [2.75, 3.05) is 0 Å². The molecule has 21 heavy (non-hydrogen) atoms. The maximum Gasteiger partial charge on any atom is 0.309 e. The van der Waals surface area contributed by atoms with Gasteiger partial charge < -0.3 is 5.11 Å². The number of aliphatic carboxylic acids is 1. The van der Waals surface area contributed by atoms with Crippen molar-refractivity contribution >= 4 is 39.8 Å². The molecule has 0 radical (unpaired) electrons. The number of fused-ring (bicyclic) bond motifs is 1. The molecule has 7 heteroatoms. The Balaban J connectivity index is 1.93. The first-order valence-electron chi connectivity index (χ1n) is 6.19. The normalized spacial score (nSPS) is 10.9. The molecule has 106 valence electrons. The van der Waals surface area contributed by atoms with Gasteiger partial charge in [0.2, 0.25) is 0 Å². The Morgan fingerprint density at radius 2 is 2.05 bits per heavy atom. The topological polar surface area (TPSA) is 76.0 Å². The second kappa shape index (κ2) is 5.79. The van der Waals surface area contributed by atoms with Gasteiger partial charge in [0.15, 0.2) is 4.34 Å². The van der Waals surface area contributed by atoms with Crippen molar-refractivity contribution in [2.24, 2.45) is 0 Å². The van der Waals surface area contributed by atoms with Crippen molar-refractivity contribution in [3.8, 4) is 0 Å². The average molecular weight is 317 g/mol. The Morgan fingerprint density at radius 1 is 1.29 bits per heavy atom. The van der Waals surface area contributed by atoms with Crippen LogP contribution in [-0.4, -0.2) is 26.3 Å². The Labute approximate surface area is 129 Å². The molecule has 3 rings (SSSR count). The van der Waals surface area contributed by atoms with E-state index in [9.17, 15) is 4.79 Å². The first-order valence-corrected chi connectivity index (χ1v) is 7.89. The van der Waals surface area contributed by atoms with Gasteiger partial charge in [-0.15, -0.1) is 16.4 Å². The van der Waals surface area contributed by atoms with Crippen LogP contribution in [0.15, 0.2) is 39.0 Å². The fraction of sp³-hybridized carbons (Fsp3) is 0.143. The lowest BCUT2D eigenvalue weighted by Gasteiger charge is -2.04. The smallest absolute Gasteiger partial charge is 0.309 e. The minimum absolute atomic E-state index is 0.0582. The monoisotopic (exact) mass is 317 g/mol. The lowest BCUT2D eigenvalue weighted by atomic mass is 10.1. The lowest BCUT2D eigenvalue weighted by Crippen LogP contribution is -1.99. The number of carboxylic acid groups (broad SMARTS) is 1. The summed E-state index contributed by atoms with van der Waals surface area (Å²) in [7, 11) is 0. The van der Waals surface area contributed by atoms with Crippen LogP contribution in [0.3, 0.4) is 0 Å². The highest BCUT2D eigenvalue weighted by Crippen LogP contribution is 2.33. The lowest BCUT2D eigenvalue weighted by molar-refractivity contribution is -0.136. The van der Waals surface area contributed by atoms with Crippen LogP contribution >= 0.6 is 23.1 Å². The second-order valence-electron chi connectivity index (χ2n) is 4.41. The molecule has 5 nitrogen and oxygen atoms in total. The number of hydrogen-bond acceptors (Lipinski definition) is 6. The van der Waals surface area contributed by atoms with E-state index >= 15 is 0 Å². The fourth-order valence-corrected chi connectivity index (χ4v) is 3.76. The number of hydrogen-bond donors (Lipinski definition) is 1. The molecule has 0 atom stereocenters. The van der Waals surface area contributed by atoms with E-state index in [1.54, 1.807) is 5.38 Å². The Kier molecular flexibility index (Phi) is 3.85. The summed E-state index contributed by atoms with van der Waals surface area (Å²) in [5, 5.41) is 21.8. The zero-order valence-corrected chi connectivity index (χ0v) is 12.7. The van der Waals surface area contributed by atoms with Crippen LogP contribution in [0.1, 0.15) is 11.4 Å². The van der Waals surface area contributed by atoms with Crippen LogP contribution in [0.5, 0.6) is 0 Å². The number of nitrogens with zero attached hydrogens (tertiary/aromatic N) is 3. The van der Waals surface area contributed by atoms with Gasteiger partial charge in [0.05, 0.1) is 17.8 Å². The maximum absolute atomic E-state index is 10.7. The first kappa shape index (κ1) is 14.0. The number of carboxylic acids is 1. The maximum atomic E-state index is 10.7. The summed E-state index contributed by atoms with van der Waals surface area (Å²) in [6.07, 6.45) is -0.0582. The van der Waals surface area contributed by atoms with Crippen LogP contribution < -0.4 is 0 Å². The van der Waals surface area contributed by atoms with Gasteiger partial charge in [0.1, 0.15) is 5.03 Å². The minimum Gasteiger partial charge on any atom is -0.481 e. The summed E-state index contributed by atoms with van der Waals surface area (Å²) in [6, 6.07) is 7.96. The summed E-state index contributed by atoms with van der Waals surface area (Å²) in [5.74, 6) is -0.877. The third-order valence-corrected chi connectivity index (χ3v) is 4.87. The van der Waals surface area contributed by atoms with Crippen molar-refractivity contribution in [3.05, 3.63) is 41.0 Å².